The number of benzene rings is 5. The molecular formula is C42H30N4. The fraction of sp³-hybridized carbons (Fsp3) is 0.0476. The zero-order valence-corrected chi connectivity index (χ0v) is 25.6. The molecule has 0 bridgehead atoms. The van der Waals surface area contributed by atoms with E-state index in [2.05, 4.69) is 110 Å². The van der Waals surface area contributed by atoms with Crippen molar-refractivity contribution in [2.75, 3.05) is 0 Å². The standard InChI is InChI=1S/C42H30N4/c1-27-25-37(44-41-36(27)24-23-34-14-13-28(2)43-40(34)41)33-19-15-29(16-20-33)30-17-21-35(22-18-30)42-45-38(31-9-5-3-6-10-31)26-39(46-42)32-11-7-4-8-12-32/h3-26H,1-2H3. The first-order chi connectivity index (χ1) is 22.6. The molecule has 0 spiro atoms. The monoisotopic (exact) mass is 590 g/mol. The number of pyridine rings is 2. The van der Waals surface area contributed by atoms with Crippen LogP contribution in [0.25, 0.3) is 78.1 Å². The third kappa shape index (κ3) is 5.20. The molecule has 0 atom stereocenters. The Morgan fingerprint density at radius 3 is 1.48 bits per heavy atom. The molecule has 5 aromatic carbocycles. The van der Waals surface area contributed by atoms with Crippen LogP contribution in [-0.4, -0.2) is 19.9 Å². The maximum Gasteiger partial charge on any atom is 0.160 e. The molecule has 0 aliphatic carbocycles. The van der Waals surface area contributed by atoms with Gasteiger partial charge in [0.15, 0.2) is 5.82 Å². The summed E-state index contributed by atoms with van der Waals surface area (Å²) in [6.45, 7) is 4.17. The Morgan fingerprint density at radius 1 is 0.370 bits per heavy atom. The second-order valence-corrected chi connectivity index (χ2v) is 11.7. The molecule has 0 radical (unpaired) electrons. The smallest absolute Gasteiger partial charge is 0.160 e. The molecule has 46 heavy (non-hydrogen) atoms. The first kappa shape index (κ1) is 27.5. The molecule has 0 fully saturated rings. The number of rotatable bonds is 5. The Hall–Kier alpha value is -6.00. The lowest BCUT2D eigenvalue weighted by atomic mass is 9.99. The lowest BCUT2D eigenvalue weighted by Gasteiger charge is -2.11. The molecule has 8 aromatic rings. The van der Waals surface area contributed by atoms with E-state index in [0.717, 1.165) is 78.0 Å². The van der Waals surface area contributed by atoms with Gasteiger partial charge in [0.05, 0.1) is 28.1 Å². The van der Waals surface area contributed by atoms with Crippen molar-refractivity contribution >= 4 is 21.8 Å². The number of hydrogen-bond donors (Lipinski definition) is 0. The van der Waals surface area contributed by atoms with E-state index >= 15 is 0 Å². The van der Waals surface area contributed by atoms with Crippen molar-refractivity contribution in [2.24, 2.45) is 0 Å². The predicted molar refractivity (Wildman–Crippen MR) is 189 cm³/mol. The Labute approximate surface area is 268 Å². The number of hydrogen-bond acceptors (Lipinski definition) is 4. The highest BCUT2D eigenvalue weighted by molar-refractivity contribution is 6.04. The molecule has 0 amide bonds. The van der Waals surface area contributed by atoms with E-state index in [9.17, 15) is 0 Å². The quantitative estimate of drug-likeness (QED) is 0.187. The SMILES string of the molecule is Cc1ccc2ccc3c(C)cc(-c4ccc(-c5ccc(-c6nc(-c7ccccc7)cc(-c7ccccc7)n6)cc5)cc4)nc3c2n1. The summed E-state index contributed by atoms with van der Waals surface area (Å²) in [7, 11) is 0. The van der Waals surface area contributed by atoms with E-state index in [1.54, 1.807) is 0 Å². The largest absolute Gasteiger partial charge is 0.251 e. The molecule has 4 heteroatoms. The van der Waals surface area contributed by atoms with Crippen molar-refractivity contribution in [3.63, 3.8) is 0 Å². The summed E-state index contributed by atoms with van der Waals surface area (Å²) in [4.78, 5) is 19.9. The van der Waals surface area contributed by atoms with Crippen molar-refractivity contribution in [1.29, 1.82) is 0 Å². The zero-order chi connectivity index (χ0) is 31.0. The average Bonchev–Trinajstić information content (AvgIpc) is 3.12. The molecule has 4 nitrogen and oxygen atoms in total. The van der Waals surface area contributed by atoms with Crippen LogP contribution in [0.5, 0.6) is 0 Å². The van der Waals surface area contributed by atoms with Crippen LogP contribution in [0, 0.1) is 13.8 Å². The van der Waals surface area contributed by atoms with Crippen LogP contribution in [0.4, 0.5) is 0 Å². The molecular weight excluding hydrogens is 560 g/mol. The lowest BCUT2D eigenvalue weighted by Crippen LogP contribution is -1.96. The van der Waals surface area contributed by atoms with Gasteiger partial charge < -0.3 is 0 Å². The number of aromatic nitrogens is 4. The molecule has 3 aromatic heterocycles. The van der Waals surface area contributed by atoms with Crippen molar-refractivity contribution in [3.8, 4) is 56.3 Å². The van der Waals surface area contributed by atoms with Crippen molar-refractivity contribution < 1.29 is 0 Å². The van der Waals surface area contributed by atoms with E-state index in [4.69, 9.17) is 19.9 Å². The Bertz CT molecular complexity index is 2290. The predicted octanol–water partition coefficient (Wildman–Crippen LogP) is 10.5. The fourth-order valence-corrected chi connectivity index (χ4v) is 6.02. The van der Waals surface area contributed by atoms with Crippen LogP contribution in [0.15, 0.2) is 146 Å². The molecule has 0 saturated heterocycles. The van der Waals surface area contributed by atoms with Gasteiger partial charge in [0.2, 0.25) is 0 Å². The Kier molecular flexibility index (Phi) is 6.88. The minimum Gasteiger partial charge on any atom is -0.251 e. The van der Waals surface area contributed by atoms with Crippen LogP contribution in [0.2, 0.25) is 0 Å². The number of fused-ring (bicyclic) bond motifs is 3. The molecule has 0 N–H and O–H groups in total. The van der Waals surface area contributed by atoms with Crippen LogP contribution in [-0.2, 0) is 0 Å². The third-order valence-electron chi connectivity index (χ3n) is 8.51. The molecule has 0 aliphatic rings. The minimum atomic E-state index is 0.706. The maximum absolute atomic E-state index is 5.10. The second kappa shape index (κ2) is 11.5. The summed E-state index contributed by atoms with van der Waals surface area (Å²) in [5.41, 5.74) is 13.3. The zero-order valence-electron chi connectivity index (χ0n) is 25.6. The highest BCUT2D eigenvalue weighted by Gasteiger charge is 2.12. The summed E-state index contributed by atoms with van der Waals surface area (Å²) < 4.78 is 0. The van der Waals surface area contributed by atoms with Gasteiger partial charge in [-0.1, -0.05) is 127 Å². The van der Waals surface area contributed by atoms with Crippen molar-refractivity contribution in [1.82, 2.24) is 19.9 Å². The Balaban J connectivity index is 1.12. The van der Waals surface area contributed by atoms with E-state index in [0.29, 0.717) is 5.82 Å². The van der Waals surface area contributed by atoms with Gasteiger partial charge in [-0.05, 0) is 48.7 Å². The van der Waals surface area contributed by atoms with Crippen molar-refractivity contribution in [3.05, 3.63) is 157 Å². The van der Waals surface area contributed by atoms with Gasteiger partial charge in [-0.15, -0.1) is 0 Å². The maximum atomic E-state index is 5.10. The molecule has 3 heterocycles. The van der Waals surface area contributed by atoms with Gasteiger partial charge in [0.1, 0.15) is 0 Å². The lowest BCUT2D eigenvalue weighted by molar-refractivity contribution is 1.18. The highest BCUT2D eigenvalue weighted by atomic mass is 14.9. The molecule has 218 valence electrons. The fourth-order valence-electron chi connectivity index (χ4n) is 6.02. The normalized spacial score (nSPS) is 11.3. The average molecular weight is 591 g/mol. The van der Waals surface area contributed by atoms with Crippen molar-refractivity contribution in [2.45, 2.75) is 13.8 Å². The van der Waals surface area contributed by atoms with Crippen LogP contribution in [0.3, 0.4) is 0 Å². The van der Waals surface area contributed by atoms with E-state index in [-0.39, 0.29) is 0 Å². The number of aryl methyl sites for hydroxylation is 2. The highest BCUT2D eigenvalue weighted by Crippen LogP contribution is 2.32. The number of nitrogens with zero attached hydrogens (tertiary/aromatic N) is 4. The van der Waals surface area contributed by atoms with Gasteiger partial charge >= 0.3 is 0 Å². The third-order valence-corrected chi connectivity index (χ3v) is 8.51. The molecule has 0 aliphatic heterocycles. The summed E-state index contributed by atoms with van der Waals surface area (Å²) in [5.74, 6) is 0.706. The van der Waals surface area contributed by atoms with Crippen LogP contribution >= 0.6 is 0 Å². The van der Waals surface area contributed by atoms with Crippen LogP contribution in [0.1, 0.15) is 11.3 Å². The molecule has 0 unspecified atom stereocenters. The first-order valence-electron chi connectivity index (χ1n) is 15.5. The summed E-state index contributed by atoms with van der Waals surface area (Å²) in [6, 6.07) is 50.4. The minimum absolute atomic E-state index is 0.706. The van der Waals surface area contributed by atoms with E-state index in [1.165, 1.54) is 5.56 Å². The van der Waals surface area contributed by atoms with Gasteiger partial charge in [0.25, 0.3) is 0 Å². The topological polar surface area (TPSA) is 51.6 Å². The van der Waals surface area contributed by atoms with Gasteiger partial charge in [0, 0.05) is 38.7 Å². The van der Waals surface area contributed by atoms with Gasteiger partial charge in [-0.3, -0.25) is 4.98 Å². The molecule has 0 saturated carbocycles. The van der Waals surface area contributed by atoms with Crippen LogP contribution < -0.4 is 0 Å². The second-order valence-electron chi connectivity index (χ2n) is 11.7. The summed E-state index contributed by atoms with van der Waals surface area (Å²) in [6.07, 6.45) is 0. The Morgan fingerprint density at radius 2 is 0.870 bits per heavy atom. The first-order valence-corrected chi connectivity index (χ1v) is 15.5. The van der Waals surface area contributed by atoms with E-state index < -0.39 is 0 Å². The summed E-state index contributed by atoms with van der Waals surface area (Å²) in [5, 5.41) is 2.25. The van der Waals surface area contributed by atoms with Gasteiger partial charge in [-0.2, -0.15) is 0 Å². The van der Waals surface area contributed by atoms with E-state index in [1.807, 2.05) is 49.4 Å². The van der Waals surface area contributed by atoms with Gasteiger partial charge in [-0.25, -0.2) is 15.0 Å². The molecule has 8 rings (SSSR count). The summed E-state index contributed by atoms with van der Waals surface area (Å²) >= 11 is 0.